The highest BCUT2D eigenvalue weighted by molar-refractivity contribution is 6.05. The zero-order valence-corrected chi connectivity index (χ0v) is 12.5. The molecule has 22 heavy (non-hydrogen) atoms. The summed E-state index contributed by atoms with van der Waals surface area (Å²) in [6, 6.07) is 14.0. The van der Waals surface area contributed by atoms with Gasteiger partial charge >= 0.3 is 0 Å². The molecule has 0 radical (unpaired) electrons. The van der Waals surface area contributed by atoms with Crippen LogP contribution in [-0.2, 0) is 0 Å². The van der Waals surface area contributed by atoms with Crippen molar-refractivity contribution in [3.63, 3.8) is 0 Å². The second-order valence-electron chi connectivity index (χ2n) is 4.67. The van der Waals surface area contributed by atoms with Gasteiger partial charge in [-0.2, -0.15) is 0 Å². The van der Waals surface area contributed by atoms with Gasteiger partial charge in [0.05, 0.1) is 7.11 Å². The van der Waals surface area contributed by atoms with E-state index in [0.29, 0.717) is 22.6 Å². The van der Waals surface area contributed by atoms with Gasteiger partial charge in [0, 0.05) is 29.1 Å². The number of Topliss-reactive ketones (excluding diaryl/α,β-unsaturated/α-hetero) is 1. The maximum absolute atomic E-state index is 12.0. The average molecular weight is 295 g/mol. The van der Waals surface area contributed by atoms with Crippen molar-refractivity contribution in [3.05, 3.63) is 71.9 Å². The molecule has 0 aliphatic rings. The van der Waals surface area contributed by atoms with E-state index in [1.165, 1.54) is 19.2 Å². The Morgan fingerprint density at radius 2 is 1.73 bits per heavy atom. The number of ether oxygens (including phenoxy) is 1. The van der Waals surface area contributed by atoms with Crippen LogP contribution in [0.1, 0.15) is 27.6 Å². The molecule has 0 atom stereocenters. The van der Waals surface area contributed by atoms with Gasteiger partial charge in [-0.25, -0.2) is 0 Å². The van der Waals surface area contributed by atoms with Gasteiger partial charge < -0.3 is 10.1 Å². The largest absolute Gasteiger partial charge is 0.497 e. The van der Waals surface area contributed by atoms with Crippen molar-refractivity contribution in [2.24, 2.45) is 0 Å². The lowest BCUT2D eigenvalue weighted by molar-refractivity contribution is 0.101. The van der Waals surface area contributed by atoms with Gasteiger partial charge in [-0.3, -0.25) is 9.59 Å². The Morgan fingerprint density at radius 3 is 2.36 bits per heavy atom. The summed E-state index contributed by atoms with van der Waals surface area (Å²) in [7, 11) is 1.58. The number of carbonyl (C=O) groups excluding carboxylic acids is 2. The molecule has 0 aliphatic heterocycles. The van der Waals surface area contributed by atoms with E-state index in [9.17, 15) is 9.59 Å². The molecule has 4 nitrogen and oxygen atoms in total. The first-order chi connectivity index (χ1) is 10.6. The summed E-state index contributed by atoms with van der Waals surface area (Å²) in [4.78, 5) is 23.5. The third kappa shape index (κ3) is 3.82. The first-order valence-corrected chi connectivity index (χ1v) is 6.83. The minimum Gasteiger partial charge on any atom is -0.497 e. The van der Waals surface area contributed by atoms with Crippen LogP contribution in [-0.4, -0.2) is 18.7 Å². The summed E-state index contributed by atoms with van der Waals surface area (Å²) in [6.45, 7) is 1.51. The number of nitrogens with one attached hydrogen (secondary N) is 1. The van der Waals surface area contributed by atoms with Crippen LogP contribution in [0.25, 0.3) is 0 Å². The van der Waals surface area contributed by atoms with Crippen LogP contribution in [0.5, 0.6) is 5.75 Å². The number of benzene rings is 2. The maximum atomic E-state index is 12.0. The van der Waals surface area contributed by atoms with E-state index in [-0.39, 0.29) is 11.6 Å². The number of methoxy groups -OCH3 is 1. The van der Waals surface area contributed by atoms with Crippen LogP contribution in [0, 0.1) is 0 Å². The summed E-state index contributed by atoms with van der Waals surface area (Å²) in [5.41, 5.74) is 1.83. The average Bonchev–Trinajstić information content (AvgIpc) is 2.55. The lowest BCUT2D eigenvalue weighted by Gasteiger charge is -2.05. The third-order valence-electron chi connectivity index (χ3n) is 3.15. The molecule has 0 fully saturated rings. The van der Waals surface area contributed by atoms with Crippen molar-refractivity contribution < 1.29 is 14.3 Å². The van der Waals surface area contributed by atoms with Gasteiger partial charge in [-0.05, 0) is 43.3 Å². The molecule has 0 spiro atoms. The Bertz CT molecular complexity index is 703. The number of para-hydroxylation sites is 1. The summed E-state index contributed by atoms with van der Waals surface area (Å²) in [6.07, 6.45) is 2.97. The summed E-state index contributed by atoms with van der Waals surface area (Å²) < 4.78 is 5.05. The monoisotopic (exact) mass is 295 g/mol. The highest BCUT2D eigenvalue weighted by atomic mass is 16.5. The minimum absolute atomic E-state index is 0.0296. The van der Waals surface area contributed by atoms with Gasteiger partial charge in [-0.15, -0.1) is 0 Å². The highest BCUT2D eigenvalue weighted by Crippen LogP contribution is 2.16. The van der Waals surface area contributed by atoms with Gasteiger partial charge in [0.2, 0.25) is 0 Å². The molecule has 1 N–H and O–H groups in total. The predicted molar refractivity (Wildman–Crippen MR) is 86.5 cm³/mol. The minimum atomic E-state index is -0.129. The van der Waals surface area contributed by atoms with Gasteiger partial charge in [0.25, 0.3) is 0 Å². The Morgan fingerprint density at radius 1 is 1.05 bits per heavy atom. The van der Waals surface area contributed by atoms with Crippen LogP contribution >= 0.6 is 0 Å². The molecule has 0 unspecified atom stereocenters. The Hall–Kier alpha value is -2.88. The summed E-state index contributed by atoms with van der Waals surface area (Å²) >= 11 is 0. The zero-order valence-electron chi connectivity index (χ0n) is 12.5. The van der Waals surface area contributed by atoms with E-state index >= 15 is 0 Å². The molecule has 0 aromatic heterocycles. The van der Waals surface area contributed by atoms with E-state index in [4.69, 9.17) is 4.74 Å². The molecule has 0 saturated heterocycles. The van der Waals surface area contributed by atoms with Crippen molar-refractivity contribution in [2.75, 3.05) is 12.4 Å². The van der Waals surface area contributed by atoms with Crippen LogP contribution < -0.4 is 10.1 Å². The molecule has 0 aliphatic carbocycles. The van der Waals surface area contributed by atoms with Gasteiger partial charge in [0.1, 0.15) is 5.75 Å². The molecule has 2 aromatic carbocycles. The fourth-order valence-corrected chi connectivity index (χ4v) is 1.97. The first-order valence-electron chi connectivity index (χ1n) is 6.83. The molecule has 112 valence electrons. The van der Waals surface area contributed by atoms with Gasteiger partial charge in [-0.1, -0.05) is 12.1 Å². The second kappa shape index (κ2) is 7.22. The van der Waals surface area contributed by atoms with Crippen molar-refractivity contribution in [1.29, 1.82) is 0 Å². The van der Waals surface area contributed by atoms with Crippen LogP contribution in [0.15, 0.2) is 60.8 Å². The fourth-order valence-electron chi connectivity index (χ4n) is 1.97. The molecule has 0 bridgehead atoms. The van der Waals surface area contributed by atoms with E-state index in [0.717, 1.165) is 0 Å². The number of carbonyl (C=O) groups is 2. The van der Waals surface area contributed by atoms with E-state index < -0.39 is 0 Å². The smallest absolute Gasteiger partial charge is 0.187 e. The predicted octanol–water partition coefficient (Wildman–Crippen LogP) is 3.71. The number of ketones is 2. The molecule has 4 heteroatoms. The van der Waals surface area contributed by atoms with E-state index in [2.05, 4.69) is 5.32 Å². The van der Waals surface area contributed by atoms with Crippen LogP contribution in [0.3, 0.4) is 0 Å². The number of hydrogen-bond acceptors (Lipinski definition) is 4. The molecule has 2 aromatic rings. The van der Waals surface area contributed by atoms with Crippen molar-refractivity contribution in [1.82, 2.24) is 0 Å². The number of rotatable bonds is 6. The SMILES string of the molecule is COc1ccc(C(=O)/C=C/Nc2ccccc2C(C)=O)cc1. The van der Waals surface area contributed by atoms with Crippen LogP contribution in [0.2, 0.25) is 0 Å². The van der Waals surface area contributed by atoms with Crippen LogP contribution in [0.4, 0.5) is 5.69 Å². The summed E-state index contributed by atoms with van der Waals surface area (Å²) in [5, 5.41) is 2.97. The van der Waals surface area contributed by atoms with E-state index in [1.54, 1.807) is 49.6 Å². The maximum Gasteiger partial charge on any atom is 0.187 e. The standard InChI is InChI=1S/C18H17NO3/c1-13(20)16-5-3-4-6-17(16)19-12-11-18(21)14-7-9-15(22-2)10-8-14/h3-12,19H,1-2H3/b12-11+. The van der Waals surface area contributed by atoms with Gasteiger partial charge in [0.15, 0.2) is 11.6 Å². The number of allylic oxidation sites excluding steroid dienone is 1. The topological polar surface area (TPSA) is 55.4 Å². The molecule has 0 heterocycles. The first kappa shape index (κ1) is 15.5. The molecule has 2 rings (SSSR count). The second-order valence-corrected chi connectivity index (χ2v) is 4.67. The summed E-state index contributed by atoms with van der Waals surface area (Å²) in [5.74, 6) is 0.544. The normalized spacial score (nSPS) is 10.5. The number of hydrogen-bond donors (Lipinski definition) is 1. The molecular formula is C18H17NO3. The Labute approximate surface area is 129 Å². The number of anilines is 1. The van der Waals surface area contributed by atoms with Crippen molar-refractivity contribution in [2.45, 2.75) is 6.92 Å². The third-order valence-corrected chi connectivity index (χ3v) is 3.15. The fraction of sp³-hybridized carbons (Fsp3) is 0.111. The van der Waals surface area contributed by atoms with Crippen molar-refractivity contribution in [3.8, 4) is 5.75 Å². The molecule has 0 amide bonds. The lowest BCUT2D eigenvalue weighted by Crippen LogP contribution is -2.00. The Balaban J connectivity index is 2.06. The molecular weight excluding hydrogens is 278 g/mol. The van der Waals surface area contributed by atoms with Crippen molar-refractivity contribution >= 4 is 17.3 Å². The molecule has 0 saturated carbocycles. The quantitative estimate of drug-likeness (QED) is 0.652. The zero-order chi connectivity index (χ0) is 15.9. The van der Waals surface area contributed by atoms with E-state index in [1.807, 2.05) is 6.07 Å². The lowest BCUT2D eigenvalue weighted by atomic mass is 10.1. The Kier molecular flexibility index (Phi) is 5.09. The highest BCUT2D eigenvalue weighted by Gasteiger charge is 2.05.